The number of rotatable bonds is 6. The van der Waals surface area contributed by atoms with Crippen molar-refractivity contribution in [2.45, 2.75) is 19.3 Å². The number of ether oxygens (including phenoxy) is 3. The van der Waals surface area contributed by atoms with Crippen LogP contribution in [0.3, 0.4) is 0 Å². The molecule has 0 spiro atoms. The molecule has 0 bridgehead atoms. The van der Waals surface area contributed by atoms with Crippen molar-refractivity contribution in [3.8, 4) is 11.5 Å². The molecule has 2 aromatic carbocycles. The molecular weight excluding hydrogens is 406 g/mol. The lowest BCUT2D eigenvalue weighted by atomic mass is 10.1. The molecular formula is C21H21N3O7. The number of nitro benzene ring substituents is 1. The summed E-state index contributed by atoms with van der Waals surface area (Å²) in [6.07, 6.45) is 3.04. The van der Waals surface area contributed by atoms with Gasteiger partial charge in [0.1, 0.15) is 5.69 Å². The second-order valence-electron chi connectivity index (χ2n) is 7.20. The van der Waals surface area contributed by atoms with E-state index in [0.717, 1.165) is 32.4 Å². The highest BCUT2D eigenvalue weighted by Crippen LogP contribution is 2.34. The minimum Gasteiger partial charge on any atom is -0.454 e. The fourth-order valence-electron chi connectivity index (χ4n) is 3.58. The van der Waals surface area contributed by atoms with Crippen LogP contribution in [0.2, 0.25) is 0 Å². The van der Waals surface area contributed by atoms with E-state index in [0.29, 0.717) is 22.9 Å². The van der Waals surface area contributed by atoms with Gasteiger partial charge in [0, 0.05) is 30.9 Å². The van der Waals surface area contributed by atoms with Gasteiger partial charge in [-0.1, -0.05) is 0 Å². The second-order valence-corrected chi connectivity index (χ2v) is 7.20. The van der Waals surface area contributed by atoms with Crippen LogP contribution in [-0.4, -0.2) is 43.3 Å². The van der Waals surface area contributed by atoms with Gasteiger partial charge in [-0.2, -0.15) is 0 Å². The molecule has 0 saturated carbocycles. The normalized spacial score (nSPS) is 14.8. The minimum atomic E-state index is -0.811. The van der Waals surface area contributed by atoms with Crippen LogP contribution in [0.25, 0.3) is 0 Å². The highest BCUT2D eigenvalue weighted by atomic mass is 16.7. The quantitative estimate of drug-likeness (QED) is 0.424. The summed E-state index contributed by atoms with van der Waals surface area (Å²) in [5.41, 5.74) is 0.818. The number of fused-ring (bicyclic) bond motifs is 1. The van der Waals surface area contributed by atoms with Gasteiger partial charge in [-0.05, 0) is 43.5 Å². The number of nitrogens with one attached hydrogen (secondary N) is 1. The first-order valence-corrected chi connectivity index (χ1v) is 9.91. The molecule has 0 radical (unpaired) electrons. The van der Waals surface area contributed by atoms with Crippen molar-refractivity contribution in [2.24, 2.45) is 0 Å². The number of benzene rings is 2. The third kappa shape index (κ3) is 4.68. The monoisotopic (exact) mass is 427 g/mol. The zero-order valence-corrected chi connectivity index (χ0v) is 16.7. The fraction of sp³-hybridized carbons (Fsp3) is 0.333. The van der Waals surface area contributed by atoms with Gasteiger partial charge in [0.05, 0.1) is 10.5 Å². The average Bonchev–Trinajstić information content (AvgIpc) is 3.25. The van der Waals surface area contributed by atoms with E-state index in [9.17, 15) is 19.7 Å². The first-order valence-electron chi connectivity index (χ1n) is 9.91. The number of piperidine rings is 1. The maximum atomic E-state index is 12.3. The smallest absolute Gasteiger partial charge is 0.338 e. The standard InChI is InChI=1S/C21H21N3O7/c25-20(22-15-5-7-18-19(11-15)31-13-30-18)12-29-21(26)14-4-6-16(17(10-14)24(27)28)23-8-2-1-3-9-23/h4-7,10-11H,1-3,8-9,12-13H2,(H,22,25). The van der Waals surface area contributed by atoms with E-state index in [1.54, 1.807) is 24.3 Å². The van der Waals surface area contributed by atoms with Gasteiger partial charge in [0.15, 0.2) is 18.1 Å². The molecule has 4 rings (SSSR count). The molecule has 2 aromatic rings. The van der Waals surface area contributed by atoms with Crippen LogP contribution in [0.1, 0.15) is 29.6 Å². The predicted octanol–water partition coefficient (Wildman–Crippen LogP) is 3.11. The Kier molecular flexibility index (Phi) is 5.87. The molecule has 2 heterocycles. The van der Waals surface area contributed by atoms with Crippen molar-refractivity contribution < 1.29 is 28.7 Å². The summed E-state index contributed by atoms with van der Waals surface area (Å²) < 4.78 is 15.5. The van der Waals surface area contributed by atoms with Gasteiger partial charge in [-0.25, -0.2) is 4.79 Å². The van der Waals surface area contributed by atoms with E-state index >= 15 is 0 Å². The van der Waals surface area contributed by atoms with Crippen LogP contribution in [0.5, 0.6) is 11.5 Å². The Balaban J connectivity index is 1.38. The Labute approximate surface area is 177 Å². The van der Waals surface area contributed by atoms with Gasteiger partial charge in [0.2, 0.25) is 6.79 Å². The lowest BCUT2D eigenvalue weighted by molar-refractivity contribution is -0.384. The summed E-state index contributed by atoms with van der Waals surface area (Å²) in [5.74, 6) is -0.268. The number of nitro groups is 1. The Morgan fingerprint density at radius 2 is 1.84 bits per heavy atom. The SMILES string of the molecule is O=C(COC(=O)c1ccc(N2CCCCC2)c([N+](=O)[O-])c1)Nc1ccc2c(c1)OCO2. The molecule has 2 aliphatic heterocycles. The van der Waals surface area contributed by atoms with Crippen molar-refractivity contribution >= 4 is 28.9 Å². The molecule has 162 valence electrons. The lowest BCUT2D eigenvalue weighted by Crippen LogP contribution is -2.30. The van der Waals surface area contributed by atoms with Gasteiger partial charge in [-0.15, -0.1) is 0 Å². The van der Waals surface area contributed by atoms with Crippen molar-refractivity contribution in [3.63, 3.8) is 0 Å². The third-order valence-electron chi connectivity index (χ3n) is 5.10. The zero-order chi connectivity index (χ0) is 21.8. The maximum absolute atomic E-state index is 12.3. The summed E-state index contributed by atoms with van der Waals surface area (Å²) in [7, 11) is 0. The largest absolute Gasteiger partial charge is 0.454 e. The summed E-state index contributed by atoms with van der Waals surface area (Å²) in [4.78, 5) is 37.4. The highest BCUT2D eigenvalue weighted by molar-refractivity contribution is 5.96. The lowest BCUT2D eigenvalue weighted by Gasteiger charge is -2.28. The van der Waals surface area contributed by atoms with E-state index in [2.05, 4.69) is 5.32 Å². The number of anilines is 2. The topological polar surface area (TPSA) is 120 Å². The number of nitrogens with zero attached hydrogens (tertiary/aromatic N) is 2. The van der Waals surface area contributed by atoms with E-state index in [1.165, 1.54) is 12.1 Å². The maximum Gasteiger partial charge on any atom is 0.338 e. The van der Waals surface area contributed by atoms with Gasteiger partial charge in [0.25, 0.3) is 11.6 Å². The number of amides is 1. The van der Waals surface area contributed by atoms with Crippen molar-refractivity contribution in [1.29, 1.82) is 0 Å². The number of carbonyl (C=O) groups is 2. The fourth-order valence-corrected chi connectivity index (χ4v) is 3.58. The van der Waals surface area contributed by atoms with E-state index < -0.39 is 23.4 Å². The summed E-state index contributed by atoms with van der Waals surface area (Å²) >= 11 is 0. The zero-order valence-electron chi connectivity index (χ0n) is 16.7. The molecule has 31 heavy (non-hydrogen) atoms. The van der Waals surface area contributed by atoms with E-state index in [-0.39, 0.29) is 18.0 Å². The number of esters is 1. The molecule has 1 amide bonds. The second kappa shape index (κ2) is 8.90. The molecule has 1 saturated heterocycles. The third-order valence-corrected chi connectivity index (χ3v) is 5.10. The first-order chi connectivity index (χ1) is 15.0. The van der Waals surface area contributed by atoms with E-state index in [1.807, 2.05) is 4.90 Å². The van der Waals surface area contributed by atoms with Crippen LogP contribution in [0.4, 0.5) is 17.1 Å². The Bertz CT molecular complexity index is 1020. The first kappa shape index (κ1) is 20.5. The molecule has 2 aliphatic rings. The molecule has 10 nitrogen and oxygen atoms in total. The van der Waals surface area contributed by atoms with Crippen LogP contribution < -0.4 is 19.7 Å². The Hall–Kier alpha value is -3.82. The van der Waals surface area contributed by atoms with Crippen molar-refractivity contribution in [2.75, 3.05) is 36.7 Å². The molecule has 1 N–H and O–H groups in total. The number of carbonyl (C=O) groups excluding carboxylic acids is 2. The summed E-state index contributed by atoms with van der Waals surface area (Å²) in [6, 6.07) is 9.14. The van der Waals surface area contributed by atoms with E-state index in [4.69, 9.17) is 14.2 Å². The highest BCUT2D eigenvalue weighted by Gasteiger charge is 2.24. The molecule has 1 fully saturated rings. The Morgan fingerprint density at radius 3 is 2.61 bits per heavy atom. The van der Waals surface area contributed by atoms with Gasteiger partial charge in [-0.3, -0.25) is 14.9 Å². The summed E-state index contributed by atoms with van der Waals surface area (Å²) in [6.45, 7) is 1.07. The van der Waals surface area contributed by atoms with Crippen LogP contribution in [0.15, 0.2) is 36.4 Å². The average molecular weight is 427 g/mol. The minimum absolute atomic E-state index is 0.0170. The molecule has 0 unspecified atom stereocenters. The van der Waals surface area contributed by atoms with Crippen molar-refractivity contribution in [3.05, 3.63) is 52.1 Å². The Morgan fingerprint density at radius 1 is 1.06 bits per heavy atom. The predicted molar refractivity (Wildman–Crippen MR) is 111 cm³/mol. The summed E-state index contributed by atoms with van der Waals surface area (Å²) in [5, 5.41) is 14.1. The van der Waals surface area contributed by atoms with Crippen LogP contribution in [0, 0.1) is 10.1 Å². The molecule has 0 aliphatic carbocycles. The van der Waals surface area contributed by atoms with Gasteiger partial charge < -0.3 is 24.4 Å². The van der Waals surface area contributed by atoms with Crippen LogP contribution >= 0.6 is 0 Å². The number of hydrogen-bond donors (Lipinski definition) is 1. The van der Waals surface area contributed by atoms with Gasteiger partial charge >= 0.3 is 5.97 Å². The molecule has 10 heteroatoms. The number of hydrogen-bond acceptors (Lipinski definition) is 8. The molecule has 0 aromatic heterocycles. The van der Waals surface area contributed by atoms with Crippen LogP contribution in [-0.2, 0) is 9.53 Å². The molecule has 0 atom stereocenters. The van der Waals surface area contributed by atoms with Crippen molar-refractivity contribution in [1.82, 2.24) is 0 Å².